The minimum absolute atomic E-state index is 0.0823. The summed E-state index contributed by atoms with van der Waals surface area (Å²) in [5.41, 5.74) is 2.85. The van der Waals surface area contributed by atoms with E-state index in [1.807, 2.05) is 30.0 Å². The van der Waals surface area contributed by atoms with E-state index in [9.17, 15) is 9.59 Å². The van der Waals surface area contributed by atoms with E-state index in [4.69, 9.17) is 4.74 Å². The minimum Gasteiger partial charge on any atom is -0.379 e. The number of anilines is 1. The highest BCUT2D eigenvalue weighted by Crippen LogP contribution is 2.33. The van der Waals surface area contributed by atoms with Crippen LogP contribution in [0.25, 0.3) is 0 Å². The van der Waals surface area contributed by atoms with E-state index in [-0.39, 0.29) is 23.6 Å². The molecule has 3 heterocycles. The lowest BCUT2D eigenvalue weighted by molar-refractivity contribution is 0.0383. The summed E-state index contributed by atoms with van der Waals surface area (Å²) in [7, 11) is 0. The van der Waals surface area contributed by atoms with Crippen molar-refractivity contribution in [2.24, 2.45) is 0 Å². The van der Waals surface area contributed by atoms with Gasteiger partial charge >= 0.3 is 0 Å². The summed E-state index contributed by atoms with van der Waals surface area (Å²) in [6.45, 7) is 6.58. The first-order valence-corrected chi connectivity index (χ1v) is 10.1. The Morgan fingerprint density at radius 2 is 2.00 bits per heavy atom. The number of pyridine rings is 1. The van der Waals surface area contributed by atoms with Crippen molar-refractivity contribution >= 4 is 17.5 Å². The molecule has 0 radical (unpaired) electrons. The molecule has 7 nitrogen and oxygen atoms in total. The Morgan fingerprint density at radius 1 is 1.21 bits per heavy atom. The van der Waals surface area contributed by atoms with Crippen LogP contribution >= 0.6 is 0 Å². The van der Waals surface area contributed by atoms with Gasteiger partial charge in [0.2, 0.25) is 0 Å². The number of carbonyl (C=O) groups is 2. The van der Waals surface area contributed by atoms with E-state index in [1.54, 1.807) is 12.1 Å². The van der Waals surface area contributed by atoms with Crippen LogP contribution in [0.3, 0.4) is 0 Å². The Kier molecular flexibility index (Phi) is 5.87. The normalized spacial score (nSPS) is 19.1. The van der Waals surface area contributed by atoms with E-state index in [0.29, 0.717) is 12.1 Å². The quantitative estimate of drug-likeness (QED) is 0.836. The molecular weight excluding hydrogens is 368 g/mol. The van der Waals surface area contributed by atoms with Crippen molar-refractivity contribution in [1.29, 1.82) is 0 Å². The SMILES string of the molecule is CC1Cc2ccccc2N1C(=O)c1ccnc(C(=O)NCCN2CCOCC2)c1. The lowest BCUT2D eigenvalue weighted by Crippen LogP contribution is -2.41. The van der Waals surface area contributed by atoms with Gasteiger partial charge in [-0.25, -0.2) is 0 Å². The number of fused-ring (bicyclic) bond motifs is 1. The van der Waals surface area contributed by atoms with Crippen molar-refractivity contribution in [2.75, 3.05) is 44.3 Å². The second-order valence-electron chi connectivity index (χ2n) is 7.50. The summed E-state index contributed by atoms with van der Waals surface area (Å²) < 4.78 is 5.33. The molecule has 1 aromatic carbocycles. The zero-order chi connectivity index (χ0) is 20.2. The highest BCUT2D eigenvalue weighted by Gasteiger charge is 2.31. The number of ether oxygens (including phenoxy) is 1. The molecule has 2 aromatic rings. The highest BCUT2D eigenvalue weighted by molar-refractivity contribution is 6.08. The number of rotatable bonds is 5. The molecule has 1 fully saturated rings. The van der Waals surface area contributed by atoms with Gasteiger partial charge < -0.3 is 15.0 Å². The van der Waals surface area contributed by atoms with Gasteiger partial charge in [0.25, 0.3) is 11.8 Å². The van der Waals surface area contributed by atoms with E-state index in [0.717, 1.165) is 45.0 Å². The summed E-state index contributed by atoms with van der Waals surface area (Å²) >= 11 is 0. The Hall–Kier alpha value is -2.77. The van der Waals surface area contributed by atoms with E-state index < -0.39 is 0 Å². The number of aromatic nitrogens is 1. The van der Waals surface area contributed by atoms with Crippen molar-refractivity contribution in [1.82, 2.24) is 15.2 Å². The molecular formula is C22H26N4O3. The van der Waals surface area contributed by atoms with Crippen molar-refractivity contribution in [3.05, 3.63) is 59.4 Å². The fourth-order valence-electron chi connectivity index (χ4n) is 3.94. The number of benzene rings is 1. The van der Waals surface area contributed by atoms with Crippen molar-refractivity contribution in [3.8, 4) is 0 Å². The molecule has 0 aliphatic carbocycles. The number of hydrogen-bond acceptors (Lipinski definition) is 5. The third kappa shape index (κ3) is 4.31. The number of hydrogen-bond donors (Lipinski definition) is 1. The topological polar surface area (TPSA) is 74.8 Å². The molecule has 1 unspecified atom stereocenters. The Labute approximate surface area is 170 Å². The molecule has 1 atom stereocenters. The third-order valence-corrected chi connectivity index (χ3v) is 5.48. The molecule has 1 aromatic heterocycles. The van der Waals surface area contributed by atoms with Gasteiger partial charge in [-0.2, -0.15) is 0 Å². The molecule has 29 heavy (non-hydrogen) atoms. The van der Waals surface area contributed by atoms with Crippen molar-refractivity contribution < 1.29 is 14.3 Å². The molecule has 0 spiro atoms. The average Bonchev–Trinajstić information content (AvgIpc) is 3.09. The van der Waals surface area contributed by atoms with Crippen LogP contribution in [0.5, 0.6) is 0 Å². The molecule has 4 rings (SSSR count). The summed E-state index contributed by atoms with van der Waals surface area (Å²) in [5.74, 6) is -0.366. The van der Waals surface area contributed by atoms with Crippen LogP contribution in [0.2, 0.25) is 0 Å². The lowest BCUT2D eigenvalue weighted by Gasteiger charge is -2.26. The van der Waals surface area contributed by atoms with Crippen LogP contribution in [0.1, 0.15) is 33.3 Å². The predicted octanol–water partition coefficient (Wildman–Crippen LogP) is 1.74. The second kappa shape index (κ2) is 8.71. The summed E-state index contributed by atoms with van der Waals surface area (Å²) in [6.07, 6.45) is 2.36. The Morgan fingerprint density at radius 3 is 2.83 bits per heavy atom. The maximum absolute atomic E-state index is 13.2. The summed E-state index contributed by atoms with van der Waals surface area (Å²) in [5, 5.41) is 2.90. The summed E-state index contributed by atoms with van der Waals surface area (Å²) in [4.78, 5) is 33.9. The van der Waals surface area contributed by atoms with Gasteiger partial charge in [-0.1, -0.05) is 18.2 Å². The van der Waals surface area contributed by atoms with Crippen LogP contribution < -0.4 is 10.2 Å². The molecule has 1 N–H and O–H groups in total. The van der Waals surface area contributed by atoms with Gasteiger partial charge in [-0.15, -0.1) is 0 Å². The molecule has 2 aliphatic heterocycles. The van der Waals surface area contributed by atoms with E-state index in [1.165, 1.54) is 11.8 Å². The Balaban J connectivity index is 1.41. The number of nitrogens with one attached hydrogen (secondary N) is 1. The zero-order valence-corrected chi connectivity index (χ0v) is 16.6. The number of nitrogens with zero attached hydrogens (tertiary/aromatic N) is 3. The summed E-state index contributed by atoms with van der Waals surface area (Å²) in [6, 6.07) is 11.3. The molecule has 7 heteroatoms. The minimum atomic E-state index is -0.261. The molecule has 0 saturated carbocycles. The molecule has 152 valence electrons. The highest BCUT2D eigenvalue weighted by atomic mass is 16.5. The van der Waals surface area contributed by atoms with E-state index >= 15 is 0 Å². The largest absolute Gasteiger partial charge is 0.379 e. The van der Waals surface area contributed by atoms with Crippen LogP contribution in [0.15, 0.2) is 42.6 Å². The van der Waals surface area contributed by atoms with Crippen molar-refractivity contribution in [2.45, 2.75) is 19.4 Å². The average molecular weight is 394 g/mol. The zero-order valence-electron chi connectivity index (χ0n) is 16.6. The van der Waals surface area contributed by atoms with E-state index in [2.05, 4.69) is 21.3 Å². The van der Waals surface area contributed by atoms with Crippen molar-refractivity contribution in [3.63, 3.8) is 0 Å². The maximum Gasteiger partial charge on any atom is 0.269 e. The molecule has 1 saturated heterocycles. The molecule has 2 aliphatic rings. The number of para-hydroxylation sites is 1. The van der Waals surface area contributed by atoms with Gasteiger partial charge in [-0.05, 0) is 37.1 Å². The Bertz CT molecular complexity index is 895. The van der Waals surface area contributed by atoms with Crippen LogP contribution in [0.4, 0.5) is 5.69 Å². The van der Waals surface area contributed by atoms with Gasteiger partial charge in [0.1, 0.15) is 5.69 Å². The van der Waals surface area contributed by atoms with Gasteiger partial charge in [-0.3, -0.25) is 19.5 Å². The van der Waals surface area contributed by atoms with Crippen LogP contribution in [-0.2, 0) is 11.2 Å². The van der Waals surface area contributed by atoms with Gasteiger partial charge in [0.05, 0.1) is 13.2 Å². The standard InChI is InChI=1S/C22H26N4O3/c1-16-14-17-4-2-3-5-20(17)26(16)22(28)18-6-7-23-19(15-18)21(27)24-8-9-25-10-12-29-13-11-25/h2-7,15-16H,8-14H2,1H3,(H,24,27). The maximum atomic E-state index is 13.2. The first kappa shape index (κ1) is 19.5. The van der Waals surface area contributed by atoms with Gasteiger partial charge in [0.15, 0.2) is 0 Å². The first-order valence-electron chi connectivity index (χ1n) is 10.1. The molecule has 2 amide bonds. The smallest absolute Gasteiger partial charge is 0.269 e. The predicted molar refractivity (Wildman–Crippen MR) is 110 cm³/mol. The fraction of sp³-hybridized carbons (Fsp3) is 0.409. The number of carbonyl (C=O) groups excluding carboxylic acids is 2. The monoisotopic (exact) mass is 394 g/mol. The second-order valence-corrected chi connectivity index (χ2v) is 7.50. The van der Waals surface area contributed by atoms with Crippen LogP contribution in [-0.4, -0.2) is 67.1 Å². The third-order valence-electron chi connectivity index (χ3n) is 5.48. The van der Waals surface area contributed by atoms with Crippen LogP contribution in [0, 0.1) is 0 Å². The number of morpholine rings is 1. The first-order chi connectivity index (χ1) is 14.1. The molecule has 0 bridgehead atoms. The van der Waals surface area contributed by atoms with Gasteiger partial charge in [0, 0.05) is 49.7 Å². The number of amides is 2. The fourth-order valence-corrected chi connectivity index (χ4v) is 3.94. The lowest BCUT2D eigenvalue weighted by atomic mass is 10.1.